The second-order valence-electron chi connectivity index (χ2n) is 5.13. The largest absolute Gasteiger partial charge is 0.348 e. The summed E-state index contributed by atoms with van der Waals surface area (Å²) in [6, 6.07) is 8.45. The molecule has 1 aromatic rings. The Bertz CT molecular complexity index is 438. The Morgan fingerprint density at radius 2 is 2.06 bits per heavy atom. The number of fused-ring (bicyclic) bond motifs is 1. The number of nitrogens with one attached hydrogen (secondary N) is 1. The first-order valence-electron chi connectivity index (χ1n) is 6.78. The van der Waals surface area contributed by atoms with E-state index in [1.54, 1.807) is 0 Å². The highest BCUT2D eigenvalue weighted by Gasteiger charge is 2.33. The Morgan fingerprint density at radius 3 is 2.72 bits per heavy atom. The molecule has 0 saturated carbocycles. The summed E-state index contributed by atoms with van der Waals surface area (Å²) in [6.07, 6.45) is 3.36. The van der Waals surface area contributed by atoms with Gasteiger partial charge in [0.2, 0.25) is 5.91 Å². The molecular formula is C15H22N2O. The molecule has 0 bridgehead atoms. The average Bonchev–Trinajstić information content (AvgIpc) is 2.81. The van der Waals surface area contributed by atoms with Gasteiger partial charge in [-0.2, -0.15) is 0 Å². The van der Waals surface area contributed by atoms with Crippen LogP contribution in [0, 0.1) is 0 Å². The van der Waals surface area contributed by atoms with Gasteiger partial charge in [-0.1, -0.05) is 38.1 Å². The van der Waals surface area contributed by atoms with E-state index in [-0.39, 0.29) is 11.9 Å². The number of hydrogen-bond acceptors (Lipinski definition) is 2. The molecule has 1 atom stereocenters. The van der Waals surface area contributed by atoms with Crippen LogP contribution in [0.15, 0.2) is 24.3 Å². The van der Waals surface area contributed by atoms with E-state index in [4.69, 9.17) is 5.73 Å². The molecule has 2 rings (SSSR count). The van der Waals surface area contributed by atoms with Crippen LogP contribution in [0.2, 0.25) is 0 Å². The van der Waals surface area contributed by atoms with Crippen molar-refractivity contribution in [2.24, 2.45) is 5.73 Å². The van der Waals surface area contributed by atoms with E-state index < -0.39 is 5.54 Å². The molecule has 0 fully saturated rings. The van der Waals surface area contributed by atoms with Crippen LogP contribution >= 0.6 is 0 Å². The van der Waals surface area contributed by atoms with Crippen molar-refractivity contribution in [1.29, 1.82) is 0 Å². The number of aryl methyl sites for hydroxylation is 1. The molecule has 98 valence electrons. The van der Waals surface area contributed by atoms with Crippen LogP contribution in [0.25, 0.3) is 0 Å². The summed E-state index contributed by atoms with van der Waals surface area (Å²) < 4.78 is 0. The van der Waals surface area contributed by atoms with E-state index in [9.17, 15) is 4.79 Å². The second-order valence-corrected chi connectivity index (χ2v) is 5.13. The van der Waals surface area contributed by atoms with Gasteiger partial charge in [-0.25, -0.2) is 0 Å². The monoisotopic (exact) mass is 246 g/mol. The van der Waals surface area contributed by atoms with Gasteiger partial charge in [0.25, 0.3) is 0 Å². The van der Waals surface area contributed by atoms with Crippen LogP contribution in [0.5, 0.6) is 0 Å². The first-order valence-corrected chi connectivity index (χ1v) is 6.78. The van der Waals surface area contributed by atoms with Crippen molar-refractivity contribution in [2.45, 2.75) is 51.1 Å². The molecular weight excluding hydrogens is 224 g/mol. The van der Waals surface area contributed by atoms with Crippen molar-refractivity contribution in [1.82, 2.24) is 5.32 Å². The number of carbonyl (C=O) groups is 1. The van der Waals surface area contributed by atoms with Gasteiger partial charge >= 0.3 is 0 Å². The smallest absolute Gasteiger partial charge is 0.240 e. The Morgan fingerprint density at radius 1 is 1.39 bits per heavy atom. The lowest BCUT2D eigenvalue weighted by atomic mass is 9.92. The van der Waals surface area contributed by atoms with Crippen molar-refractivity contribution >= 4 is 5.91 Å². The lowest BCUT2D eigenvalue weighted by Gasteiger charge is -2.27. The third-order valence-corrected chi connectivity index (χ3v) is 4.15. The fourth-order valence-corrected chi connectivity index (χ4v) is 2.58. The van der Waals surface area contributed by atoms with Crippen molar-refractivity contribution < 1.29 is 4.79 Å². The highest BCUT2D eigenvalue weighted by molar-refractivity contribution is 5.86. The predicted octanol–water partition coefficient (Wildman–Crippen LogP) is 2.31. The quantitative estimate of drug-likeness (QED) is 0.856. The van der Waals surface area contributed by atoms with Crippen LogP contribution in [-0.2, 0) is 11.2 Å². The molecule has 0 heterocycles. The van der Waals surface area contributed by atoms with Crippen molar-refractivity contribution in [3.8, 4) is 0 Å². The van der Waals surface area contributed by atoms with E-state index in [0.29, 0.717) is 12.8 Å². The lowest BCUT2D eigenvalue weighted by Crippen LogP contribution is -2.53. The fraction of sp³-hybridized carbons (Fsp3) is 0.533. The van der Waals surface area contributed by atoms with Gasteiger partial charge in [-0.05, 0) is 36.8 Å². The summed E-state index contributed by atoms with van der Waals surface area (Å²) in [5.74, 6) is -0.0193. The van der Waals surface area contributed by atoms with Gasteiger partial charge < -0.3 is 11.1 Å². The Kier molecular flexibility index (Phi) is 3.71. The molecule has 3 nitrogen and oxygen atoms in total. The molecule has 0 aromatic heterocycles. The van der Waals surface area contributed by atoms with Gasteiger partial charge in [-0.15, -0.1) is 0 Å². The topological polar surface area (TPSA) is 55.1 Å². The second kappa shape index (κ2) is 5.11. The maximum absolute atomic E-state index is 12.3. The first kappa shape index (κ1) is 13.1. The Balaban J connectivity index is 2.10. The minimum Gasteiger partial charge on any atom is -0.348 e. The SMILES string of the molecule is CCC(N)(CC)C(=O)NC1CCc2ccccc21. The summed E-state index contributed by atoms with van der Waals surface area (Å²) in [5, 5.41) is 3.11. The molecule has 3 heteroatoms. The van der Waals surface area contributed by atoms with Crippen LogP contribution in [0.4, 0.5) is 0 Å². The molecule has 18 heavy (non-hydrogen) atoms. The van der Waals surface area contributed by atoms with Crippen LogP contribution < -0.4 is 11.1 Å². The zero-order valence-electron chi connectivity index (χ0n) is 11.2. The summed E-state index contributed by atoms with van der Waals surface area (Å²) >= 11 is 0. The molecule has 0 radical (unpaired) electrons. The molecule has 1 aliphatic carbocycles. The molecule has 1 aromatic carbocycles. The molecule has 0 saturated heterocycles. The molecule has 0 spiro atoms. The van der Waals surface area contributed by atoms with E-state index in [1.165, 1.54) is 11.1 Å². The number of benzene rings is 1. The predicted molar refractivity (Wildman–Crippen MR) is 73.1 cm³/mol. The Labute approximate surface area is 109 Å². The highest BCUT2D eigenvalue weighted by Crippen LogP contribution is 2.31. The third-order valence-electron chi connectivity index (χ3n) is 4.15. The lowest BCUT2D eigenvalue weighted by molar-refractivity contribution is -0.127. The summed E-state index contributed by atoms with van der Waals surface area (Å²) in [6.45, 7) is 3.93. The zero-order valence-corrected chi connectivity index (χ0v) is 11.2. The van der Waals surface area contributed by atoms with Crippen molar-refractivity contribution in [2.75, 3.05) is 0 Å². The van der Waals surface area contributed by atoms with E-state index in [2.05, 4.69) is 17.4 Å². The number of amides is 1. The summed E-state index contributed by atoms with van der Waals surface area (Å²) in [7, 11) is 0. The van der Waals surface area contributed by atoms with E-state index >= 15 is 0 Å². The molecule has 3 N–H and O–H groups in total. The Hall–Kier alpha value is -1.35. The van der Waals surface area contributed by atoms with Gasteiger partial charge in [0.1, 0.15) is 0 Å². The molecule has 1 aliphatic rings. The van der Waals surface area contributed by atoms with Gasteiger partial charge in [0.05, 0.1) is 11.6 Å². The first-order chi connectivity index (χ1) is 8.60. The fourth-order valence-electron chi connectivity index (χ4n) is 2.58. The highest BCUT2D eigenvalue weighted by atomic mass is 16.2. The third kappa shape index (κ3) is 2.27. The normalized spacial score (nSPS) is 18.5. The molecule has 1 amide bonds. The van der Waals surface area contributed by atoms with Crippen LogP contribution in [0.1, 0.15) is 50.3 Å². The molecule has 0 aliphatic heterocycles. The van der Waals surface area contributed by atoms with E-state index in [0.717, 1.165) is 12.8 Å². The van der Waals surface area contributed by atoms with E-state index in [1.807, 2.05) is 26.0 Å². The van der Waals surface area contributed by atoms with Crippen LogP contribution in [-0.4, -0.2) is 11.4 Å². The van der Waals surface area contributed by atoms with Crippen molar-refractivity contribution in [3.63, 3.8) is 0 Å². The zero-order chi connectivity index (χ0) is 13.2. The summed E-state index contributed by atoms with van der Waals surface area (Å²) in [5.41, 5.74) is 8.00. The summed E-state index contributed by atoms with van der Waals surface area (Å²) in [4.78, 5) is 12.3. The van der Waals surface area contributed by atoms with Gasteiger partial charge in [-0.3, -0.25) is 4.79 Å². The number of hydrogen-bond donors (Lipinski definition) is 2. The maximum atomic E-state index is 12.3. The standard InChI is InChI=1S/C15H22N2O/c1-3-15(16,4-2)14(18)17-13-10-9-11-7-5-6-8-12(11)13/h5-8,13H,3-4,9-10,16H2,1-2H3,(H,17,18). The minimum atomic E-state index is -0.725. The van der Waals surface area contributed by atoms with Crippen LogP contribution in [0.3, 0.4) is 0 Å². The minimum absolute atomic E-state index is 0.0193. The van der Waals surface area contributed by atoms with Crippen molar-refractivity contribution in [3.05, 3.63) is 35.4 Å². The number of rotatable bonds is 4. The van der Waals surface area contributed by atoms with Gasteiger partial charge in [0, 0.05) is 0 Å². The maximum Gasteiger partial charge on any atom is 0.240 e. The van der Waals surface area contributed by atoms with Gasteiger partial charge in [0.15, 0.2) is 0 Å². The molecule has 1 unspecified atom stereocenters. The number of nitrogens with two attached hydrogens (primary N) is 1. The number of carbonyl (C=O) groups excluding carboxylic acids is 1. The average molecular weight is 246 g/mol.